The minimum atomic E-state index is -0.261. The molecule has 0 N–H and O–H groups in total. The molecule has 2 aliphatic rings. The molecule has 118 valence electrons. The largest absolute Gasteiger partial charge is 0.468 e. The second-order valence-electron chi connectivity index (χ2n) is 7.40. The third-order valence-electron chi connectivity index (χ3n) is 5.78. The summed E-state index contributed by atoms with van der Waals surface area (Å²) in [6.45, 7) is 8.69. The molecule has 0 aliphatic heterocycles. The summed E-state index contributed by atoms with van der Waals surface area (Å²) >= 11 is 0. The van der Waals surface area contributed by atoms with Crippen LogP contribution in [-0.2, 0) is 17.6 Å². The van der Waals surface area contributed by atoms with Gasteiger partial charge in [0.1, 0.15) is 5.76 Å². The zero-order chi connectivity index (χ0) is 15.9. The highest BCUT2D eigenvalue weighted by atomic mass is 16.3. The number of carbonyl (C=O) groups excluding carboxylic acids is 1. The Morgan fingerprint density at radius 3 is 2.86 bits per heavy atom. The monoisotopic (exact) mass is 298 g/mol. The minimum absolute atomic E-state index is 0.261. The van der Waals surface area contributed by atoms with Gasteiger partial charge in [0.2, 0.25) is 0 Å². The lowest BCUT2D eigenvalue weighted by atomic mass is 9.61. The minimum Gasteiger partial charge on any atom is -0.468 e. The fourth-order valence-corrected chi connectivity index (χ4v) is 4.15. The second kappa shape index (κ2) is 5.57. The van der Waals surface area contributed by atoms with Gasteiger partial charge in [-0.2, -0.15) is 0 Å². The van der Waals surface area contributed by atoms with Crippen LogP contribution in [0.2, 0.25) is 0 Å². The molecule has 3 unspecified atom stereocenters. The Balaban J connectivity index is 2.09. The van der Waals surface area contributed by atoms with E-state index in [4.69, 9.17) is 4.42 Å². The topological polar surface area (TPSA) is 30.2 Å². The van der Waals surface area contributed by atoms with Gasteiger partial charge >= 0.3 is 0 Å². The molecule has 0 spiro atoms. The van der Waals surface area contributed by atoms with Crippen LogP contribution in [0.15, 0.2) is 34.5 Å². The molecule has 0 saturated carbocycles. The number of rotatable bonds is 0. The number of hydrogen-bond donors (Lipinski definition) is 0. The molecule has 1 heterocycles. The Labute approximate surface area is 133 Å². The van der Waals surface area contributed by atoms with Crippen LogP contribution in [-0.4, -0.2) is 5.78 Å². The zero-order valence-corrected chi connectivity index (χ0v) is 14.1. The predicted molar refractivity (Wildman–Crippen MR) is 88.8 cm³/mol. The molecular formula is C20H26O2. The van der Waals surface area contributed by atoms with Crippen molar-refractivity contribution in [3.8, 4) is 0 Å². The summed E-state index contributed by atoms with van der Waals surface area (Å²) in [5, 5.41) is 0. The average molecular weight is 298 g/mol. The molecule has 0 amide bonds. The fraction of sp³-hybridized carbons (Fsp3) is 0.550. The molecule has 2 aliphatic carbocycles. The quantitative estimate of drug-likeness (QED) is 0.643. The Morgan fingerprint density at radius 1 is 1.32 bits per heavy atom. The number of allylic oxidation sites excluding steroid dienone is 4. The van der Waals surface area contributed by atoms with Crippen molar-refractivity contribution in [3.63, 3.8) is 0 Å². The number of ketones is 1. The van der Waals surface area contributed by atoms with Crippen LogP contribution in [0.5, 0.6) is 0 Å². The van der Waals surface area contributed by atoms with E-state index in [9.17, 15) is 4.79 Å². The van der Waals surface area contributed by atoms with Crippen LogP contribution >= 0.6 is 0 Å². The summed E-state index contributed by atoms with van der Waals surface area (Å²) < 4.78 is 5.82. The normalized spacial score (nSPS) is 34.5. The highest BCUT2D eigenvalue weighted by Gasteiger charge is 2.44. The SMILES string of the molecule is C/C1=C\CCC2(C)C(=O)C=CC(C)C2Cc2c(C)coc2C1. The fourth-order valence-electron chi connectivity index (χ4n) is 4.15. The molecule has 0 saturated heterocycles. The maximum absolute atomic E-state index is 12.6. The van der Waals surface area contributed by atoms with Gasteiger partial charge in [-0.15, -0.1) is 0 Å². The highest BCUT2D eigenvalue weighted by Crippen LogP contribution is 2.45. The van der Waals surface area contributed by atoms with E-state index in [1.165, 1.54) is 16.7 Å². The van der Waals surface area contributed by atoms with E-state index in [1.807, 2.05) is 12.3 Å². The molecule has 2 nitrogen and oxygen atoms in total. The van der Waals surface area contributed by atoms with Gasteiger partial charge < -0.3 is 4.42 Å². The number of fused-ring (bicyclic) bond motifs is 2. The second-order valence-corrected chi connectivity index (χ2v) is 7.40. The number of furan rings is 1. The maximum Gasteiger partial charge on any atom is 0.161 e. The molecule has 0 aromatic carbocycles. The van der Waals surface area contributed by atoms with E-state index >= 15 is 0 Å². The van der Waals surface area contributed by atoms with Crippen LogP contribution in [0.4, 0.5) is 0 Å². The van der Waals surface area contributed by atoms with E-state index in [2.05, 4.69) is 39.8 Å². The summed E-state index contributed by atoms with van der Waals surface area (Å²) in [5.41, 5.74) is 3.62. The van der Waals surface area contributed by atoms with Crippen LogP contribution in [0.25, 0.3) is 0 Å². The van der Waals surface area contributed by atoms with Crippen molar-refractivity contribution in [2.75, 3.05) is 0 Å². The van der Waals surface area contributed by atoms with Gasteiger partial charge in [0.15, 0.2) is 5.78 Å². The Hall–Kier alpha value is -1.57. The molecule has 0 fully saturated rings. The molecule has 2 heteroatoms. The lowest BCUT2D eigenvalue weighted by molar-refractivity contribution is -0.128. The molecule has 3 rings (SSSR count). The molecule has 22 heavy (non-hydrogen) atoms. The molecular weight excluding hydrogens is 272 g/mol. The van der Waals surface area contributed by atoms with E-state index in [1.54, 1.807) is 0 Å². The van der Waals surface area contributed by atoms with Crippen LogP contribution in [0.3, 0.4) is 0 Å². The van der Waals surface area contributed by atoms with Crippen molar-refractivity contribution < 1.29 is 9.21 Å². The average Bonchev–Trinajstić information content (AvgIpc) is 2.80. The van der Waals surface area contributed by atoms with Crippen LogP contribution < -0.4 is 0 Å². The van der Waals surface area contributed by atoms with Crippen LogP contribution in [0, 0.1) is 24.2 Å². The predicted octanol–water partition coefficient (Wildman–Crippen LogP) is 4.81. The first-order chi connectivity index (χ1) is 10.4. The standard InChI is InChI=1S/C20H26O2/c1-13-6-5-9-20(4)17(14(2)7-8-19(20)21)11-16-15(3)12-22-18(16)10-13/h6-8,12,14,17H,5,9-11H2,1-4H3/b13-6+. The first kappa shape index (κ1) is 15.3. The van der Waals surface area contributed by atoms with E-state index < -0.39 is 0 Å². The number of hydrogen-bond acceptors (Lipinski definition) is 2. The van der Waals surface area contributed by atoms with E-state index in [-0.39, 0.29) is 5.41 Å². The van der Waals surface area contributed by atoms with Crippen LogP contribution in [0.1, 0.15) is 50.5 Å². The van der Waals surface area contributed by atoms with Crippen molar-refractivity contribution in [2.45, 2.75) is 53.4 Å². The first-order valence-electron chi connectivity index (χ1n) is 8.36. The van der Waals surface area contributed by atoms with Gasteiger partial charge in [-0.3, -0.25) is 4.79 Å². The van der Waals surface area contributed by atoms with E-state index in [0.29, 0.717) is 17.6 Å². The third-order valence-corrected chi connectivity index (χ3v) is 5.78. The van der Waals surface area contributed by atoms with Gasteiger partial charge in [0.05, 0.1) is 6.26 Å². The van der Waals surface area contributed by atoms with Gasteiger partial charge in [0, 0.05) is 11.8 Å². The molecule has 1 aromatic rings. The maximum atomic E-state index is 12.6. The van der Waals surface area contributed by atoms with Crippen molar-refractivity contribution in [3.05, 3.63) is 47.0 Å². The smallest absolute Gasteiger partial charge is 0.161 e. The van der Waals surface area contributed by atoms with Gasteiger partial charge in [0.25, 0.3) is 0 Å². The van der Waals surface area contributed by atoms with Gasteiger partial charge in [-0.1, -0.05) is 31.6 Å². The molecule has 3 atom stereocenters. The lowest BCUT2D eigenvalue weighted by Gasteiger charge is -2.41. The van der Waals surface area contributed by atoms with Crippen molar-refractivity contribution in [2.24, 2.45) is 17.3 Å². The zero-order valence-electron chi connectivity index (χ0n) is 14.1. The summed E-state index contributed by atoms with van der Waals surface area (Å²) in [4.78, 5) is 12.6. The summed E-state index contributed by atoms with van der Waals surface area (Å²) in [6, 6.07) is 0. The molecule has 0 bridgehead atoms. The highest BCUT2D eigenvalue weighted by molar-refractivity contribution is 5.95. The lowest BCUT2D eigenvalue weighted by Crippen LogP contribution is -2.42. The third kappa shape index (κ3) is 2.49. The van der Waals surface area contributed by atoms with Gasteiger partial charge in [-0.25, -0.2) is 0 Å². The number of aryl methyl sites for hydroxylation is 1. The molecule has 1 aromatic heterocycles. The number of carbonyl (C=O) groups is 1. The Morgan fingerprint density at radius 2 is 2.09 bits per heavy atom. The first-order valence-corrected chi connectivity index (χ1v) is 8.36. The Kier molecular flexibility index (Phi) is 3.88. The Bertz CT molecular complexity index is 647. The molecule has 0 radical (unpaired) electrons. The van der Waals surface area contributed by atoms with Crippen molar-refractivity contribution >= 4 is 5.78 Å². The van der Waals surface area contributed by atoms with E-state index in [0.717, 1.165) is 31.4 Å². The van der Waals surface area contributed by atoms with Crippen molar-refractivity contribution in [1.82, 2.24) is 0 Å². The summed E-state index contributed by atoms with van der Waals surface area (Å²) in [5.74, 6) is 2.16. The van der Waals surface area contributed by atoms with Gasteiger partial charge in [-0.05, 0) is 62.1 Å². The summed E-state index contributed by atoms with van der Waals surface area (Å²) in [6.07, 6.45) is 11.8. The van der Waals surface area contributed by atoms with Crippen molar-refractivity contribution in [1.29, 1.82) is 0 Å². The summed E-state index contributed by atoms with van der Waals surface area (Å²) in [7, 11) is 0.